The molecule has 0 bridgehead atoms. The maximum absolute atomic E-state index is 11.1. The Kier molecular flexibility index (Phi) is 2.74. The van der Waals surface area contributed by atoms with Gasteiger partial charge in [-0.2, -0.15) is 5.10 Å². The summed E-state index contributed by atoms with van der Waals surface area (Å²) in [6.45, 7) is 1.49. The highest BCUT2D eigenvalue weighted by atomic mass is 16.4. The van der Waals surface area contributed by atoms with Crippen LogP contribution in [0.25, 0.3) is 5.69 Å². The molecule has 0 fully saturated rings. The fourth-order valence-electron chi connectivity index (χ4n) is 1.43. The van der Waals surface area contributed by atoms with Crippen molar-refractivity contribution in [1.29, 1.82) is 0 Å². The second kappa shape index (κ2) is 4.21. The maximum Gasteiger partial charge on any atom is 0.356 e. The molecule has 0 amide bonds. The fraction of sp³-hybridized carbons (Fsp3) is 0.0833. The highest BCUT2D eigenvalue weighted by Crippen LogP contribution is 2.10. The van der Waals surface area contributed by atoms with Crippen LogP contribution in [0, 0.1) is 0 Å². The lowest BCUT2D eigenvalue weighted by molar-refractivity contribution is 0.0689. The molecule has 0 spiro atoms. The van der Waals surface area contributed by atoms with Gasteiger partial charge in [0, 0.05) is 11.8 Å². The number of hydrogen-bond acceptors (Lipinski definition) is 3. The Labute approximate surface area is 97.3 Å². The van der Waals surface area contributed by atoms with E-state index in [4.69, 9.17) is 5.11 Å². The van der Waals surface area contributed by atoms with E-state index in [1.807, 2.05) is 0 Å². The van der Waals surface area contributed by atoms with Crippen molar-refractivity contribution < 1.29 is 14.7 Å². The van der Waals surface area contributed by atoms with E-state index in [0.717, 1.165) is 0 Å². The van der Waals surface area contributed by atoms with Crippen molar-refractivity contribution in [3.05, 3.63) is 47.8 Å². The van der Waals surface area contributed by atoms with E-state index in [1.54, 1.807) is 30.5 Å². The number of carboxylic acids is 1. The SMILES string of the molecule is CC(=O)c1ccc(-n2ccc(C(=O)O)n2)cc1. The smallest absolute Gasteiger partial charge is 0.356 e. The summed E-state index contributed by atoms with van der Waals surface area (Å²) in [5.41, 5.74) is 1.31. The summed E-state index contributed by atoms with van der Waals surface area (Å²) in [5.74, 6) is -1.08. The molecule has 0 aliphatic rings. The van der Waals surface area contributed by atoms with Gasteiger partial charge in [0.1, 0.15) is 0 Å². The van der Waals surface area contributed by atoms with Crippen LogP contribution in [0.1, 0.15) is 27.8 Å². The number of carbonyl (C=O) groups excluding carboxylic acids is 1. The van der Waals surface area contributed by atoms with E-state index < -0.39 is 5.97 Å². The molecule has 0 radical (unpaired) electrons. The number of aromatic nitrogens is 2. The number of ketones is 1. The van der Waals surface area contributed by atoms with Crippen LogP contribution in [-0.4, -0.2) is 26.6 Å². The quantitative estimate of drug-likeness (QED) is 0.815. The van der Waals surface area contributed by atoms with Gasteiger partial charge >= 0.3 is 5.97 Å². The van der Waals surface area contributed by atoms with Crippen LogP contribution in [0.4, 0.5) is 0 Å². The second-order valence-corrected chi connectivity index (χ2v) is 3.55. The van der Waals surface area contributed by atoms with Crippen molar-refractivity contribution in [2.45, 2.75) is 6.92 Å². The first kappa shape index (κ1) is 11.1. The molecular formula is C12H10N2O3. The molecule has 0 saturated heterocycles. The summed E-state index contributed by atoms with van der Waals surface area (Å²) < 4.78 is 1.45. The van der Waals surface area contributed by atoms with E-state index in [-0.39, 0.29) is 11.5 Å². The van der Waals surface area contributed by atoms with Crippen molar-refractivity contribution in [3.63, 3.8) is 0 Å². The van der Waals surface area contributed by atoms with Crippen LogP contribution in [0.2, 0.25) is 0 Å². The predicted octanol–water partition coefficient (Wildman–Crippen LogP) is 1.77. The van der Waals surface area contributed by atoms with E-state index in [2.05, 4.69) is 5.10 Å². The molecule has 2 rings (SSSR count). The molecule has 86 valence electrons. The molecule has 5 nitrogen and oxygen atoms in total. The van der Waals surface area contributed by atoms with E-state index >= 15 is 0 Å². The summed E-state index contributed by atoms with van der Waals surface area (Å²) in [5, 5.41) is 12.6. The van der Waals surface area contributed by atoms with Gasteiger partial charge in [-0.15, -0.1) is 0 Å². The van der Waals surface area contributed by atoms with Crippen molar-refractivity contribution in [3.8, 4) is 5.69 Å². The van der Waals surface area contributed by atoms with Gasteiger partial charge in [-0.1, -0.05) is 0 Å². The summed E-state index contributed by atoms with van der Waals surface area (Å²) in [4.78, 5) is 21.8. The number of hydrogen-bond donors (Lipinski definition) is 1. The van der Waals surface area contributed by atoms with Crippen molar-refractivity contribution in [1.82, 2.24) is 9.78 Å². The zero-order valence-electron chi connectivity index (χ0n) is 9.12. The molecule has 0 saturated carbocycles. The Hall–Kier alpha value is -2.43. The Morgan fingerprint density at radius 1 is 1.18 bits per heavy atom. The lowest BCUT2D eigenvalue weighted by Crippen LogP contribution is -2.01. The summed E-state index contributed by atoms with van der Waals surface area (Å²) >= 11 is 0. The molecule has 0 atom stereocenters. The third-order valence-electron chi connectivity index (χ3n) is 2.35. The normalized spacial score (nSPS) is 10.2. The van der Waals surface area contributed by atoms with Gasteiger partial charge in [-0.05, 0) is 37.3 Å². The number of benzene rings is 1. The number of nitrogens with zero attached hydrogens (tertiary/aromatic N) is 2. The molecule has 5 heteroatoms. The molecular weight excluding hydrogens is 220 g/mol. The van der Waals surface area contributed by atoms with Gasteiger partial charge < -0.3 is 5.11 Å². The lowest BCUT2D eigenvalue weighted by atomic mass is 10.1. The lowest BCUT2D eigenvalue weighted by Gasteiger charge is -2.01. The molecule has 0 aliphatic carbocycles. The molecule has 0 aliphatic heterocycles. The molecule has 1 aromatic heterocycles. The Bertz CT molecular complexity index is 570. The van der Waals surface area contributed by atoms with Gasteiger partial charge in [0.25, 0.3) is 0 Å². The first-order chi connectivity index (χ1) is 8.08. The first-order valence-corrected chi connectivity index (χ1v) is 4.98. The van der Waals surface area contributed by atoms with E-state index in [1.165, 1.54) is 17.7 Å². The summed E-state index contributed by atoms with van der Waals surface area (Å²) in [7, 11) is 0. The monoisotopic (exact) mass is 230 g/mol. The van der Waals surface area contributed by atoms with Gasteiger partial charge in [-0.3, -0.25) is 4.79 Å². The minimum atomic E-state index is -1.07. The Morgan fingerprint density at radius 2 is 1.82 bits per heavy atom. The zero-order chi connectivity index (χ0) is 12.4. The van der Waals surface area contributed by atoms with Crippen LogP contribution >= 0.6 is 0 Å². The molecule has 2 aromatic rings. The van der Waals surface area contributed by atoms with E-state index in [9.17, 15) is 9.59 Å². The number of carbonyl (C=O) groups is 2. The van der Waals surface area contributed by atoms with E-state index in [0.29, 0.717) is 11.3 Å². The highest BCUT2D eigenvalue weighted by molar-refractivity contribution is 5.94. The summed E-state index contributed by atoms with van der Waals surface area (Å²) in [6, 6.07) is 8.21. The Morgan fingerprint density at radius 3 is 2.29 bits per heavy atom. The Balaban J connectivity index is 2.33. The van der Waals surface area contributed by atoms with Gasteiger partial charge in [0.15, 0.2) is 11.5 Å². The minimum absolute atomic E-state index is 0.0109. The number of aromatic carboxylic acids is 1. The average molecular weight is 230 g/mol. The number of Topliss-reactive ketones (excluding diaryl/α,β-unsaturated/α-hetero) is 1. The van der Waals surface area contributed by atoms with Crippen LogP contribution in [0.5, 0.6) is 0 Å². The van der Waals surface area contributed by atoms with Gasteiger partial charge in [0.2, 0.25) is 0 Å². The van der Waals surface area contributed by atoms with Crippen LogP contribution in [0.15, 0.2) is 36.5 Å². The third kappa shape index (κ3) is 2.23. The number of carboxylic acid groups (broad SMARTS) is 1. The van der Waals surface area contributed by atoms with Crippen LogP contribution < -0.4 is 0 Å². The average Bonchev–Trinajstić information content (AvgIpc) is 2.78. The van der Waals surface area contributed by atoms with Crippen molar-refractivity contribution in [2.24, 2.45) is 0 Å². The van der Waals surface area contributed by atoms with Crippen molar-refractivity contribution in [2.75, 3.05) is 0 Å². The fourth-order valence-corrected chi connectivity index (χ4v) is 1.43. The standard InChI is InChI=1S/C12H10N2O3/c1-8(15)9-2-4-10(5-3-9)14-7-6-11(13-14)12(16)17/h2-7H,1H3,(H,16,17). The first-order valence-electron chi connectivity index (χ1n) is 4.98. The predicted molar refractivity (Wildman–Crippen MR) is 60.5 cm³/mol. The molecule has 1 N–H and O–H groups in total. The highest BCUT2D eigenvalue weighted by Gasteiger charge is 2.07. The molecule has 17 heavy (non-hydrogen) atoms. The molecule has 1 heterocycles. The summed E-state index contributed by atoms with van der Waals surface area (Å²) in [6.07, 6.45) is 1.56. The largest absolute Gasteiger partial charge is 0.476 e. The zero-order valence-corrected chi connectivity index (χ0v) is 9.12. The topological polar surface area (TPSA) is 72.2 Å². The number of rotatable bonds is 3. The third-order valence-corrected chi connectivity index (χ3v) is 2.35. The van der Waals surface area contributed by atoms with Crippen LogP contribution in [-0.2, 0) is 0 Å². The maximum atomic E-state index is 11.1. The minimum Gasteiger partial charge on any atom is -0.476 e. The van der Waals surface area contributed by atoms with Crippen LogP contribution in [0.3, 0.4) is 0 Å². The van der Waals surface area contributed by atoms with Crippen molar-refractivity contribution >= 4 is 11.8 Å². The molecule has 1 aromatic carbocycles. The molecule has 0 unspecified atom stereocenters. The second-order valence-electron chi connectivity index (χ2n) is 3.55. The van der Waals surface area contributed by atoms with Gasteiger partial charge in [-0.25, -0.2) is 9.48 Å². The van der Waals surface area contributed by atoms with Gasteiger partial charge in [0.05, 0.1) is 5.69 Å².